The number of pyridine rings is 1. The maximum Gasteiger partial charge on any atom is 0.264 e. The van der Waals surface area contributed by atoms with E-state index < -0.39 is 13.2 Å². The van der Waals surface area contributed by atoms with Gasteiger partial charge in [0.05, 0.1) is 6.10 Å². The fraction of sp³-hybridized carbons (Fsp3) is 0.353. The first-order valence-electron chi connectivity index (χ1n) is 7.48. The second-order valence-electron chi connectivity index (χ2n) is 5.82. The molecule has 0 saturated heterocycles. The van der Waals surface area contributed by atoms with Gasteiger partial charge in [-0.2, -0.15) is 0 Å². The van der Waals surface area contributed by atoms with Crippen LogP contribution in [0.25, 0.3) is 0 Å². The molecule has 0 aliphatic carbocycles. The maximum atomic E-state index is 13.5. The van der Waals surface area contributed by atoms with E-state index in [2.05, 4.69) is 4.98 Å². The van der Waals surface area contributed by atoms with Crippen LogP contribution in [0.4, 0.5) is 5.69 Å². The van der Waals surface area contributed by atoms with Crippen LogP contribution in [-0.2, 0) is 9.09 Å². The Morgan fingerprint density at radius 1 is 1.09 bits per heavy atom. The van der Waals surface area contributed by atoms with Crippen molar-refractivity contribution in [3.8, 4) is 0 Å². The number of aliphatic hydroxyl groups is 1. The van der Waals surface area contributed by atoms with Gasteiger partial charge in [-0.1, -0.05) is 0 Å². The Hall–Kier alpha value is -1.68. The second kappa shape index (κ2) is 7.26. The van der Waals surface area contributed by atoms with Gasteiger partial charge in [0.15, 0.2) is 5.85 Å². The van der Waals surface area contributed by atoms with E-state index in [4.69, 9.17) is 4.52 Å². The van der Waals surface area contributed by atoms with Gasteiger partial charge in [0.2, 0.25) is 0 Å². The van der Waals surface area contributed by atoms with E-state index in [9.17, 15) is 9.67 Å². The Balaban J connectivity index is 2.44. The lowest BCUT2D eigenvalue weighted by atomic mass is 10.3. The van der Waals surface area contributed by atoms with Crippen molar-refractivity contribution in [1.82, 2.24) is 4.98 Å². The molecule has 6 heteroatoms. The highest BCUT2D eigenvalue weighted by Gasteiger charge is 2.37. The van der Waals surface area contributed by atoms with Crippen molar-refractivity contribution in [2.24, 2.45) is 0 Å². The van der Waals surface area contributed by atoms with Crippen LogP contribution in [0.5, 0.6) is 0 Å². The molecule has 124 valence electrons. The van der Waals surface area contributed by atoms with E-state index in [1.54, 1.807) is 50.5 Å². The summed E-state index contributed by atoms with van der Waals surface area (Å²) in [5, 5.41) is 11.2. The fourth-order valence-electron chi connectivity index (χ4n) is 2.26. The molecule has 0 saturated carbocycles. The molecule has 0 aliphatic rings. The maximum absolute atomic E-state index is 13.5. The molecule has 5 nitrogen and oxygen atoms in total. The SMILES string of the molecule is CC(C)O[P@](=O)(c1ccc(N(C)C)cc1)[C@H](O)c1ccncc1. The van der Waals surface area contributed by atoms with Gasteiger partial charge < -0.3 is 14.5 Å². The topological polar surface area (TPSA) is 62.7 Å². The van der Waals surface area contributed by atoms with Gasteiger partial charge in [0, 0.05) is 37.5 Å². The molecule has 0 amide bonds. The summed E-state index contributed by atoms with van der Waals surface area (Å²) in [6.45, 7) is 3.61. The van der Waals surface area contributed by atoms with Crippen LogP contribution in [0.2, 0.25) is 0 Å². The van der Waals surface area contributed by atoms with Crippen molar-refractivity contribution >= 4 is 18.4 Å². The highest BCUT2D eigenvalue weighted by molar-refractivity contribution is 7.67. The standard InChI is InChI=1S/C17H23N2O3P/c1-13(2)22-23(21,17(20)14-9-11-18-12-10-14)16-7-5-15(6-8-16)19(3)4/h5-13,17,20H,1-4H3/t17-,23+/m0/s1. The molecule has 2 rings (SSSR count). The molecule has 0 radical (unpaired) electrons. The van der Waals surface area contributed by atoms with Crippen LogP contribution in [0.3, 0.4) is 0 Å². The summed E-state index contributed by atoms with van der Waals surface area (Å²) in [7, 11) is 0.389. The summed E-state index contributed by atoms with van der Waals surface area (Å²) in [5.41, 5.74) is 1.52. The predicted molar refractivity (Wildman–Crippen MR) is 93.4 cm³/mol. The molecule has 0 aliphatic heterocycles. The number of aromatic nitrogens is 1. The minimum absolute atomic E-state index is 0.272. The number of anilines is 1. The van der Waals surface area contributed by atoms with E-state index in [0.29, 0.717) is 10.9 Å². The Bertz CT molecular complexity index is 672. The normalized spacial score (nSPS) is 15.2. The Morgan fingerprint density at radius 2 is 1.65 bits per heavy atom. The lowest BCUT2D eigenvalue weighted by Crippen LogP contribution is -2.18. The summed E-state index contributed by atoms with van der Waals surface area (Å²) >= 11 is 0. The number of benzene rings is 1. The number of hydrogen-bond donors (Lipinski definition) is 1. The van der Waals surface area contributed by atoms with Gasteiger partial charge in [-0.25, -0.2) is 0 Å². The second-order valence-corrected chi connectivity index (χ2v) is 8.23. The van der Waals surface area contributed by atoms with Crippen molar-refractivity contribution in [3.05, 3.63) is 54.4 Å². The van der Waals surface area contributed by atoms with Gasteiger partial charge in [-0.15, -0.1) is 0 Å². The van der Waals surface area contributed by atoms with Crippen molar-refractivity contribution < 1.29 is 14.2 Å². The highest BCUT2D eigenvalue weighted by atomic mass is 31.2. The molecule has 0 fully saturated rings. The third-order valence-electron chi connectivity index (χ3n) is 3.42. The smallest absolute Gasteiger partial charge is 0.264 e. The molecule has 23 heavy (non-hydrogen) atoms. The summed E-state index contributed by atoms with van der Waals surface area (Å²) < 4.78 is 19.2. The summed E-state index contributed by atoms with van der Waals surface area (Å²) in [5.74, 6) is -1.22. The van der Waals surface area contributed by atoms with E-state index in [-0.39, 0.29) is 6.10 Å². The zero-order valence-electron chi connectivity index (χ0n) is 13.9. The zero-order chi connectivity index (χ0) is 17.0. The van der Waals surface area contributed by atoms with Crippen molar-refractivity contribution in [2.75, 3.05) is 19.0 Å². The average Bonchev–Trinajstić information content (AvgIpc) is 2.54. The van der Waals surface area contributed by atoms with Crippen molar-refractivity contribution in [2.45, 2.75) is 25.8 Å². The van der Waals surface area contributed by atoms with Crippen molar-refractivity contribution in [1.29, 1.82) is 0 Å². The quantitative estimate of drug-likeness (QED) is 0.822. The summed E-state index contributed by atoms with van der Waals surface area (Å²) in [6, 6.07) is 10.5. The molecule has 1 aromatic heterocycles. The predicted octanol–water partition coefficient (Wildman–Crippen LogP) is 3.17. The summed E-state index contributed by atoms with van der Waals surface area (Å²) in [6.07, 6.45) is 2.85. The van der Waals surface area contributed by atoms with Gasteiger partial charge in [-0.3, -0.25) is 9.55 Å². The van der Waals surface area contributed by atoms with E-state index >= 15 is 0 Å². The fourth-order valence-corrected chi connectivity index (χ4v) is 4.54. The minimum Gasteiger partial charge on any atom is -0.378 e. The molecule has 2 aromatic rings. The van der Waals surface area contributed by atoms with Crippen LogP contribution in [0.1, 0.15) is 25.3 Å². The minimum atomic E-state index is -3.48. The molecule has 0 bridgehead atoms. The Labute approximate surface area is 137 Å². The third-order valence-corrected chi connectivity index (χ3v) is 6.11. The number of aliphatic hydroxyl groups excluding tert-OH is 1. The first-order chi connectivity index (χ1) is 10.8. The Morgan fingerprint density at radius 3 is 2.13 bits per heavy atom. The zero-order valence-corrected chi connectivity index (χ0v) is 14.8. The van der Waals surface area contributed by atoms with E-state index in [0.717, 1.165) is 5.69 Å². The number of hydrogen-bond acceptors (Lipinski definition) is 5. The van der Waals surface area contributed by atoms with Gasteiger partial charge in [-0.05, 0) is 55.8 Å². The Kier molecular flexibility index (Phi) is 5.58. The lowest BCUT2D eigenvalue weighted by molar-refractivity contribution is 0.188. The van der Waals surface area contributed by atoms with Gasteiger partial charge in [0.25, 0.3) is 7.37 Å². The molecular weight excluding hydrogens is 311 g/mol. The largest absolute Gasteiger partial charge is 0.378 e. The van der Waals surface area contributed by atoms with E-state index in [1.165, 1.54) is 0 Å². The molecule has 1 aromatic carbocycles. The number of nitrogens with zero attached hydrogens (tertiary/aromatic N) is 2. The molecule has 0 unspecified atom stereocenters. The van der Waals surface area contributed by atoms with Crippen molar-refractivity contribution in [3.63, 3.8) is 0 Å². The molecule has 1 N–H and O–H groups in total. The first-order valence-corrected chi connectivity index (χ1v) is 9.18. The molecule has 0 spiro atoms. The monoisotopic (exact) mass is 334 g/mol. The lowest BCUT2D eigenvalue weighted by Gasteiger charge is -2.26. The van der Waals surface area contributed by atoms with Gasteiger partial charge >= 0.3 is 0 Å². The third kappa shape index (κ3) is 3.99. The van der Waals surface area contributed by atoms with Crippen LogP contribution in [0, 0.1) is 0 Å². The number of rotatable bonds is 6. The highest BCUT2D eigenvalue weighted by Crippen LogP contribution is 2.58. The average molecular weight is 334 g/mol. The van der Waals surface area contributed by atoms with Crippen LogP contribution in [0.15, 0.2) is 48.8 Å². The molecular formula is C17H23N2O3P. The first kappa shape index (κ1) is 17.7. The van der Waals surface area contributed by atoms with E-state index in [1.807, 2.05) is 31.1 Å². The molecule has 1 heterocycles. The summed E-state index contributed by atoms with van der Waals surface area (Å²) in [4.78, 5) is 5.88. The van der Waals surface area contributed by atoms with Crippen LogP contribution >= 0.6 is 7.37 Å². The van der Waals surface area contributed by atoms with Crippen LogP contribution < -0.4 is 10.2 Å². The van der Waals surface area contributed by atoms with Crippen LogP contribution in [-0.4, -0.2) is 30.3 Å². The van der Waals surface area contributed by atoms with Gasteiger partial charge in [0.1, 0.15) is 0 Å². The molecule has 2 atom stereocenters.